The van der Waals surface area contributed by atoms with Gasteiger partial charge in [0.2, 0.25) is 0 Å². The zero-order valence-corrected chi connectivity index (χ0v) is 6.05. The first-order valence-electron chi connectivity index (χ1n) is 3.91. The fraction of sp³-hybridized carbons (Fsp3) is 0.556. The Balaban J connectivity index is 2.20. The molecule has 1 heterocycles. The molecule has 0 fully saturated rings. The first-order chi connectivity index (χ1) is 4.91. The highest BCUT2D eigenvalue weighted by atomic mass is 16.5. The summed E-state index contributed by atoms with van der Waals surface area (Å²) in [6.07, 6.45) is 12.4. The Bertz CT molecular complexity index is 181. The van der Waals surface area contributed by atoms with Crippen molar-refractivity contribution in [3.63, 3.8) is 0 Å². The molecule has 0 aromatic rings. The number of ether oxygens (including phenoxy) is 1. The lowest BCUT2D eigenvalue weighted by atomic mass is 9.91. The Morgan fingerprint density at radius 3 is 2.70 bits per heavy atom. The molecule has 1 aliphatic heterocycles. The molecule has 0 saturated heterocycles. The minimum atomic E-state index is 0.0122. The Kier molecular flexibility index (Phi) is 1.38. The topological polar surface area (TPSA) is 9.23 Å². The Labute approximate surface area is 61.4 Å². The third kappa shape index (κ3) is 0.907. The van der Waals surface area contributed by atoms with Crippen LogP contribution in [0.4, 0.5) is 0 Å². The Morgan fingerprint density at radius 2 is 2.10 bits per heavy atom. The van der Waals surface area contributed by atoms with Crippen molar-refractivity contribution in [1.29, 1.82) is 0 Å². The third-order valence-electron chi connectivity index (χ3n) is 2.19. The molecule has 0 bridgehead atoms. The average molecular weight is 136 g/mol. The highest BCUT2D eigenvalue weighted by Gasteiger charge is 2.28. The van der Waals surface area contributed by atoms with Crippen LogP contribution in [0.2, 0.25) is 0 Å². The van der Waals surface area contributed by atoms with Gasteiger partial charge in [0, 0.05) is 0 Å². The van der Waals surface area contributed by atoms with Gasteiger partial charge >= 0.3 is 0 Å². The molecule has 1 atom stereocenters. The molecular weight excluding hydrogens is 124 g/mol. The van der Waals surface area contributed by atoms with Gasteiger partial charge in [-0.2, -0.15) is 0 Å². The minimum absolute atomic E-state index is 0.0122. The molecule has 0 saturated carbocycles. The van der Waals surface area contributed by atoms with Crippen LogP contribution >= 0.6 is 0 Å². The molecule has 2 rings (SSSR count). The SMILES string of the molecule is C1=C[C@@]2(C=CCO2)CCC1. The van der Waals surface area contributed by atoms with Gasteiger partial charge in [-0.05, 0) is 19.3 Å². The number of hydrogen-bond donors (Lipinski definition) is 0. The van der Waals surface area contributed by atoms with Crippen LogP contribution in [0.3, 0.4) is 0 Å². The lowest BCUT2D eigenvalue weighted by molar-refractivity contribution is 0.0537. The monoisotopic (exact) mass is 136 g/mol. The van der Waals surface area contributed by atoms with Crippen molar-refractivity contribution >= 4 is 0 Å². The van der Waals surface area contributed by atoms with Gasteiger partial charge in [-0.15, -0.1) is 0 Å². The Morgan fingerprint density at radius 1 is 1.20 bits per heavy atom. The van der Waals surface area contributed by atoms with E-state index in [2.05, 4.69) is 24.3 Å². The average Bonchev–Trinajstić information content (AvgIpc) is 2.39. The van der Waals surface area contributed by atoms with Crippen molar-refractivity contribution in [2.24, 2.45) is 0 Å². The maximum absolute atomic E-state index is 5.58. The van der Waals surface area contributed by atoms with E-state index < -0.39 is 0 Å². The second-order valence-electron chi connectivity index (χ2n) is 2.96. The van der Waals surface area contributed by atoms with Gasteiger partial charge in [0.15, 0.2) is 0 Å². The summed E-state index contributed by atoms with van der Waals surface area (Å²) in [6, 6.07) is 0. The van der Waals surface area contributed by atoms with Crippen LogP contribution in [-0.2, 0) is 4.74 Å². The van der Waals surface area contributed by atoms with Crippen LogP contribution in [0.1, 0.15) is 19.3 Å². The molecule has 54 valence electrons. The summed E-state index contributed by atoms with van der Waals surface area (Å²) in [6.45, 7) is 0.796. The smallest absolute Gasteiger partial charge is 0.105 e. The maximum atomic E-state index is 5.58. The zero-order chi connectivity index (χ0) is 6.86. The summed E-state index contributed by atoms with van der Waals surface area (Å²) >= 11 is 0. The number of allylic oxidation sites excluding steroid dienone is 1. The van der Waals surface area contributed by atoms with Crippen LogP contribution in [0.15, 0.2) is 24.3 Å². The van der Waals surface area contributed by atoms with Gasteiger partial charge in [0.1, 0.15) is 5.60 Å². The molecule has 0 aromatic heterocycles. The molecule has 0 unspecified atom stereocenters. The van der Waals surface area contributed by atoms with Gasteiger partial charge < -0.3 is 4.74 Å². The molecule has 0 N–H and O–H groups in total. The van der Waals surface area contributed by atoms with E-state index in [-0.39, 0.29) is 5.60 Å². The van der Waals surface area contributed by atoms with E-state index in [4.69, 9.17) is 4.74 Å². The van der Waals surface area contributed by atoms with Crippen molar-refractivity contribution in [1.82, 2.24) is 0 Å². The standard InChI is InChI=1S/C9H12O/c1-2-5-9(6-3-1)7-4-8-10-9/h2,4-5,7H,1,3,6,8H2/t9-/m0/s1. The summed E-state index contributed by atoms with van der Waals surface area (Å²) in [5.74, 6) is 0. The van der Waals surface area contributed by atoms with E-state index in [0.717, 1.165) is 6.61 Å². The van der Waals surface area contributed by atoms with Crippen molar-refractivity contribution in [3.8, 4) is 0 Å². The fourth-order valence-corrected chi connectivity index (χ4v) is 1.62. The summed E-state index contributed by atoms with van der Waals surface area (Å²) < 4.78 is 5.58. The fourth-order valence-electron chi connectivity index (χ4n) is 1.62. The molecule has 0 aromatic carbocycles. The molecule has 1 spiro atoms. The summed E-state index contributed by atoms with van der Waals surface area (Å²) in [5.41, 5.74) is 0.0122. The van der Waals surface area contributed by atoms with Crippen molar-refractivity contribution in [2.75, 3.05) is 6.61 Å². The number of rotatable bonds is 0. The molecule has 1 aliphatic carbocycles. The maximum Gasteiger partial charge on any atom is 0.105 e. The zero-order valence-electron chi connectivity index (χ0n) is 6.05. The van der Waals surface area contributed by atoms with Crippen LogP contribution in [0, 0.1) is 0 Å². The lowest BCUT2D eigenvalue weighted by Gasteiger charge is -2.25. The van der Waals surface area contributed by atoms with Gasteiger partial charge in [-0.3, -0.25) is 0 Å². The largest absolute Gasteiger partial charge is 0.363 e. The number of hydrogen-bond acceptors (Lipinski definition) is 1. The molecule has 0 amide bonds. The van der Waals surface area contributed by atoms with Gasteiger partial charge in [0.25, 0.3) is 0 Å². The van der Waals surface area contributed by atoms with Gasteiger partial charge in [0.05, 0.1) is 6.61 Å². The highest BCUT2D eigenvalue weighted by Crippen LogP contribution is 2.30. The molecular formula is C9H12O. The van der Waals surface area contributed by atoms with E-state index in [1.54, 1.807) is 0 Å². The van der Waals surface area contributed by atoms with Gasteiger partial charge in [-0.25, -0.2) is 0 Å². The van der Waals surface area contributed by atoms with E-state index >= 15 is 0 Å². The van der Waals surface area contributed by atoms with E-state index in [1.807, 2.05) is 0 Å². The van der Waals surface area contributed by atoms with Crippen LogP contribution in [0.25, 0.3) is 0 Å². The predicted molar refractivity (Wildman–Crippen MR) is 40.8 cm³/mol. The van der Waals surface area contributed by atoms with E-state index in [1.165, 1.54) is 19.3 Å². The normalized spacial score (nSPS) is 37.6. The van der Waals surface area contributed by atoms with Crippen molar-refractivity contribution in [3.05, 3.63) is 24.3 Å². The quantitative estimate of drug-likeness (QED) is 0.463. The van der Waals surface area contributed by atoms with Crippen LogP contribution in [0.5, 0.6) is 0 Å². The third-order valence-corrected chi connectivity index (χ3v) is 2.19. The lowest BCUT2D eigenvalue weighted by Crippen LogP contribution is -2.25. The summed E-state index contributed by atoms with van der Waals surface area (Å²) in [7, 11) is 0. The molecule has 1 nitrogen and oxygen atoms in total. The van der Waals surface area contributed by atoms with Crippen molar-refractivity contribution < 1.29 is 4.74 Å². The second-order valence-corrected chi connectivity index (χ2v) is 2.96. The van der Waals surface area contributed by atoms with E-state index in [9.17, 15) is 0 Å². The van der Waals surface area contributed by atoms with E-state index in [0.29, 0.717) is 0 Å². The second kappa shape index (κ2) is 2.24. The molecule has 1 heteroatoms. The molecule has 0 radical (unpaired) electrons. The Hall–Kier alpha value is -0.560. The molecule has 2 aliphatic rings. The van der Waals surface area contributed by atoms with Crippen LogP contribution < -0.4 is 0 Å². The minimum Gasteiger partial charge on any atom is -0.363 e. The predicted octanol–water partition coefficient (Wildman–Crippen LogP) is 2.05. The molecule has 10 heavy (non-hydrogen) atoms. The first-order valence-corrected chi connectivity index (χ1v) is 3.91. The van der Waals surface area contributed by atoms with Crippen LogP contribution in [-0.4, -0.2) is 12.2 Å². The summed E-state index contributed by atoms with van der Waals surface area (Å²) in [4.78, 5) is 0. The van der Waals surface area contributed by atoms with Crippen molar-refractivity contribution in [2.45, 2.75) is 24.9 Å². The highest BCUT2D eigenvalue weighted by molar-refractivity contribution is 5.20. The first kappa shape index (κ1) is 6.17. The summed E-state index contributed by atoms with van der Waals surface area (Å²) in [5, 5.41) is 0. The van der Waals surface area contributed by atoms with Gasteiger partial charge in [-0.1, -0.05) is 24.3 Å².